The minimum Gasteiger partial charge on any atom is -0.503 e. The highest BCUT2D eigenvalue weighted by Gasteiger charge is 2.14. The van der Waals surface area contributed by atoms with Crippen molar-refractivity contribution in [1.29, 1.82) is 0 Å². The van der Waals surface area contributed by atoms with E-state index in [9.17, 15) is 14.7 Å². The Kier molecular flexibility index (Phi) is 5.44. The third-order valence-electron chi connectivity index (χ3n) is 1.96. The average molecular weight is 214 g/mol. The summed E-state index contributed by atoms with van der Waals surface area (Å²) in [4.78, 5) is 25.4. The molecule has 0 unspecified atom stereocenters. The van der Waals surface area contributed by atoms with Crippen molar-refractivity contribution in [2.45, 2.75) is 13.8 Å². The molecule has 1 N–H and O–H groups in total. The summed E-state index contributed by atoms with van der Waals surface area (Å²) in [6.45, 7) is 4.77. The van der Waals surface area contributed by atoms with E-state index in [4.69, 9.17) is 0 Å². The molecule has 0 saturated heterocycles. The van der Waals surface area contributed by atoms with Crippen molar-refractivity contribution in [2.24, 2.45) is 0 Å². The maximum atomic E-state index is 11.5. The van der Waals surface area contributed by atoms with Crippen LogP contribution in [0.25, 0.3) is 0 Å². The van der Waals surface area contributed by atoms with Crippen molar-refractivity contribution in [3.05, 3.63) is 11.8 Å². The molecule has 0 aromatic carbocycles. The number of rotatable bonds is 4. The van der Waals surface area contributed by atoms with Crippen LogP contribution in [-0.4, -0.2) is 53.9 Å². The molecule has 15 heavy (non-hydrogen) atoms. The second-order valence-corrected chi connectivity index (χ2v) is 3.24. The van der Waals surface area contributed by atoms with Gasteiger partial charge in [0.1, 0.15) is 0 Å². The second kappa shape index (κ2) is 6.06. The van der Waals surface area contributed by atoms with E-state index in [-0.39, 0.29) is 5.91 Å². The molecule has 0 aliphatic rings. The van der Waals surface area contributed by atoms with Crippen molar-refractivity contribution >= 4 is 11.8 Å². The summed E-state index contributed by atoms with van der Waals surface area (Å²) in [5.74, 6) is -1.46. The lowest BCUT2D eigenvalue weighted by molar-refractivity contribution is -0.129. The minimum atomic E-state index is -0.574. The molecule has 0 aromatic heterocycles. The molecule has 0 aliphatic carbocycles. The molecule has 86 valence electrons. The zero-order valence-electron chi connectivity index (χ0n) is 9.65. The number of carbonyl (C=O) groups excluding carboxylic acids is 2. The van der Waals surface area contributed by atoms with E-state index >= 15 is 0 Å². The third kappa shape index (κ3) is 4.01. The standard InChI is InChI=1S/C10H18N2O3/c1-5-12(6-2)9(14)7-8(13)10(15)11(3)4/h7,13H,5-6H2,1-4H3. The molecule has 0 rings (SSSR count). The monoisotopic (exact) mass is 214 g/mol. The first-order valence-electron chi connectivity index (χ1n) is 4.85. The fourth-order valence-corrected chi connectivity index (χ4v) is 1.03. The van der Waals surface area contributed by atoms with Crippen LogP contribution in [0.5, 0.6) is 0 Å². The average Bonchev–Trinajstić information content (AvgIpc) is 2.18. The molecule has 2 amide bonds. The minimum absolute atomic E-state index is 0.354. The van der Waals surface area contributed by atoms with Gasteiger partial charge in [-0.1, -0.05) is 0 Å². The normalized spacial score (nSPS) is 11.1. The van der Waals surface area contributed by atoms with E-state index in [1.165, 1.54) is 23.9 Å². The van der Waals surface area contributed by atoms with Gasteiger partial charge in [-0.3, -0.25) is 9.59 Å². The molecule has 0 bridgehead atoms. The maximum Gasteiger partial charge on any atom is 0.288 e. The number of hydrogen-bond donors (Lipinski definition) is 1. The Labute approximate surface area is 90.0 Å². The van der Waals surface area contributed by atoms with Gasteiger partial charge >= 0.3 is 0 Å². The molecule has 5 nitrogen and oxygen atoms in total. The first-order chi connectivity index (χ1) is 6.93. The van der Waals surface area contributed by atoms with Crippen LogP contribution in [-0.2, 0) is 9.59 Å². The van der Waals surface area contributed by atoms with Gasteiger partial charge in [0, 0.05) is 27.2 Å². The lowest BCUT2D eigenvalue weighted by Crippen LogP contribution is -2.30. The van der Waals surface area contributed by atoms with E-state index < -0.39 is 11.7 Å². The lowest BCUT2D eigenvalue weighted by Gasteiger charge is -2.16. The molecule has 0 spiro atoms. The van der Waals surface area contributed by atoms with E-state index in [0.717, 1.165) is 6.08 Å². The Morgan fingerprint density at radius 2 is 1.67 bits per heavy atom. The van der Waals surface area contributed by atoms with E-state index in [1.807, 2.05) is 13.8 Å². The van der Waals surface area contributed by atoms with Crippen LogP contribution in [0.2, 0.25) is 0 Å². The van der Waals surface area contributed by atoms with Gasteiger partial charge in [0.05, 0.1) is 6.08 Å². The number of hydrogen-bond acceptors (Lipinski definition) is 3. The lowest BCUT2D eigenvalue weighted by atomic mass is 10.3. The Balaban J connectivity index is 4.61. The predicted molar refractivity (Wildman–Crippen MR) is 57.3 cm³/mol. The van der Waals surface area contributed by atoms with Gasteiger partial charge in [-0.25, -0.2) is 0 Å². The number of carbonyl (C=O) groups is 2. The number of nitrogens with zero attached hydrogens (tertiary/aromatic N) is 2. The molecule has 0 aliphatic heterocycles. The maximum absolute atomic E-state index is 11.5. The van der Waals surface area contributed by atoms with Crippen molar-refractivity contribution in [2.75, 3.05) is 27.2 Å². The summed E-state index contributed by atoms with van der Waals surface area (Å²) in [6.07, 6.45) is 0.954. The van der Waals surface area contributed by atoms with Crippen LogP contribution >= 0.6 is 0 Å². The van der Waals surface area contributed by atoms with Gasteiger partial charge in [-0.05, 0) is 13.8 Å². The predicted octanol–water partition coefficient (Wildman–Crippen LogP) is 0.385. The molecule has 0 heterocycles. The van der Waals surface area contributed by atoms with Crippen LogP contribution in [0.15, 0.2) is 11.8 Å². The Morgan fingerprint density at radius 3 is 2.00 bits per heavy atom. The molecule has 0 radical (unpaired) electrons. The summed E-state index contributed by atoms with van der Waals surface area (Å²) in [5, 5.41) is 9.32. The van der Waals surface area contributed by atoms with Crippen LogP contribution < -0.4 is 0 Å². The summed E-state index contributed by atoms with van der Waals surface area (Å²) in [7, 11) is 3.02. The summed E-state index contributed by atoms with van der Waals surface area (Å²) >= 11 is 0. The van der Waals surface area contributed by atoms with Crippen LogP contribution in [0, 0.1) is 0 Å². The highest BCUT2D eigenvalue weighted by molar-refractivity contribution is 5.98. The zero-order valence-corrected chi connectivity index (χ0v) is 9.65. The van der Waals surface area contributed by atoms with E-state index in [0.29, 0.717) is 13.1 Å². The van der Waals surface area contributed by atoms with Crippen LogP contribution in [0.3, 0.4) is 0 Å². The van der Waals surface area contributed by atoms with Gasteiger partial charge in [0.15, 0.2) is 5.76 Å². The molecule has 5 heteroatoms. The van der Waals surface area contributed by atoms with Crippen molar-refractivity contribution in [3.63, 3.8) is 0 Å². The summed E-state index contributed by atoms with van der Waals surface area (Å²) < 4.78 is 0. The topological polar surface area (TPSA) is 60.9 Å². The molecule has 0 aromatic rings. The fraction of sp³-hybridized carbons (Fsp3) is 0.600. The van der Waals surface area contributed by atoms with Gasteiger partial charge < -0.3 is 14.9 Å². The molecule has 0 fully saturated rings. The number of amides is 2. The van der Waals surface area contributed by atoms with Gasteiger partial charge in [0.25, 0.3) is 5.91 Å². The largest absolute Gasteiger partial charge is 0.503 e. The third-order valence-corrected chi connectivity index (χ3v) is 1.96. The second-order valence-electron chi connectivity index (χ2n) is 3.24. The quantitative estimate of drug-likeness (QED) is 0.544. The zero-order chi connectivity index (χ0) is 12.0. The molecule has 0 atom stereocenters. The first kappa shape index (κ1) is 13.5. The SMILES string of the molecule is CCN(CC)C(=O)C=C(O)C(=O)N(C)C. The fourth-order valence-electron chi connectivity index (χ4n) is 1.03. The Bertz CT molecular complexity index is 268. The van der Waals surface area contributed by atoms with Gasteiger partial charge in [-0.15, -0.1) is 0 Å². The molecule has 0 saturated carbocycles. The number of aliphatic hydroxyl groups is 1. The summed E-state index contributed by atoms with van der Waals surface area (Å²) in [5.41, 5.74) is 0. The first-order valence-corrected chi connectivity index (χ1v) is 4.85. The van der Waals surface area contributed by atoms with Crippen molar-refractivity contribution < 1.29 is 14.7 Å². The highest BCUT2D eigenvalue weighted by atomic mass is 16.3. The molecular formula is C10H18N2O3. The number of likely N-dealkylation sites (N-methyl/N-ethyl adjacent to an activating group) is 2. The van der Waals surface area contributed by atoms with Crippen LogP contribution in [0.1, 0.15) is 13.8 Å². The highest BCUT2D eigenvalue weighted by Crippen LogP contribution is 1.97. The van der Waals surface area contributed by atoms with E-state index in [1.54, 1.807) is 0 Å². The Morgan fingerprint density at radius 1 is 1.20 bits per heavy atom. The van der Waals surface area contributed by atoms with Crippen molar-refractivity contribution in [3.8, 4) is 0 Å². The Hall–Kier alpha value is -1.52. The van der Waals surface area contributed by atoms with Gasteiger partial charge in [0.2, 0.25) is 5.91 Å². The van der Waals surface area contributed by atoms with Crippen molar-refractivity contribution in [1.82, 2.24) is 9.80 Å². The number of aliphatic hydroxyl groups excluding tert-OH is 1. The molecular weight excluding hydrogens is 196 g/mol. The van der Waals surface area contributed by atoms with Gasteiger partial charge in [-0.2, -0.15) is 0 Å². The summed E-state index contributed by atoms with van der Waals surface area (Å²) in [6, 6.07) is 0. The van der Waals surface area contributed by atoms with Crippen LogP contribution in [0.4, 0.5) is 0 Å². The smallest absolute Gasteiger partial charge is 0.288 e. The van der Waals surface area contributed by atoms with E-state index in [2.05, 4.69) is 0 Å².